The first kappa shape index (κ1) is 10.4. The van der Waals surface area contributed by atoms with Crippen LogP contribution in [-0.4, -0.2) is 9.85 Å². The summed E-state index contributed by atoms with van der Waals surface area (Å²) < 4.78 is 0. The van der Waals surface area contributed by atoms with Crippen molar-refractivity contribution >= 4 is 23.0 Å². The Morgan fingerprint density at radius 2 is 1.86 bits per heavy atom. The molecule has 6 nitrogen and oxygen atoms in total. The van der Waals surface area contributed by atoms with Crippen molar-refractivity contribution < 1.29 is 9.85 Å². The molecule has 0 radical (unpaired) electrons. The predicted octanol–water partition coefficient (Wildman–Crippen LogP) is 2.24. The number of nitrogens with zero attached hydrogens (tertiary/aromatic N) is 2. The molecule has 1 rings (SSSR count). The van der Waals surface area contributed by atoms with E-state index in [0.717, 1.165) is 18.2 Å². The molecule has 74 valence electrons. The number of nitro benzene ring substituents is 2. The average Bonchev–Trinajstić information content (AvgIpc) is 2.16. The number of hydrogen-bond donors (Lipinski definition) is 0. The van der Waals surface area contributed by atoms with Crippen LogP contribution in [0.2, 0.25) is 0 Å². The quantitative estimate of drug-likeness (QED) is 0.440. The normalized spacial score (nSPS) is 9.79. The monoisotopic (exact) mass is 216 g/mol. The minimum atomic E-state index is -0.625. The molecular formula is C7H5ClN2O4. The Hall–Kier alpha value is -1.69. The first-order chi connectivity index (χ1) is 6.56. The predicted molar refractivity (Wildman–Crippen MR) is 49.3 cm³/mol. The summed E-state index contributed by atoms with van der Waals surface area (Å²) in [7, 11) is 0. The van der Waals surface area contributed by atoms with Gasteiger partial charge in [0.15, 0.2) is 0 Å². The summed E-state index contributed by atoms with van der Waals surface area (Å²) in [4.78, 5) is 19.5. The highest BCUT2D eigenvalue weighted by molar-refractivity contribution is 6.17. The van der Waals surface area contributed by atoms with Gasteiger partial charge in [0.2, 0.25) is 0 Å². The van der Waals surface area contributed by atoms with Gasteiger partial charge < -0.3 is 0 Å². The fourth-order valence-electron chi connectivity index (χ4n) is 0.971. The average molecular weight is 217 g/mol. The van der Waals surface area contributed by atoms with Crippen molar-refractivity contribution in [2.24, 2.45) is 0 Å². The van der Waals surface area contributed by atoms with E-state index < -0.39 is 9.85 Å². The molecule has 0 N–H and O–H groups in total. The number of halogens is 1. The van der Waals surface area contributed by atoms with E-state index in [2.05, 4.69) is 0 Å². The van der Waals surface area contributed by atoms with Gasteiger partial charge in [-0.3, -0.25) is 20.2 Å². The third kappa shape index (κ3) is 1.97. The molecule has 0 saturated carbocycles. The first-order valence-corrected chi connectivity index (χ1v) is 4.07. The highest BCUT2D eigenvalue weighted by Crippen LogP contribution is 2.25. The molecule has 1 aromatic rings. The van der Waals surface area contributed by atoms with E-state index in [0.29, 0.717) is 0 Å². The highest BCUT2D eigenvalue weighted by atomic mass is 35.5. The van der Waals surface area contributed by atoms with E-state index in [-0.39, 0.29) is 22.8 Å². The van der Waals surface area contributed by atoms with Gasteiger partial charge >= 0.3 is 0 Å². The Balaban J connectivity index is 3.25. The minimum absolute atomic E-state index is 0.127. The Kier molecular flexibility index (Phi) is 2.98. The maximum absolute atomic E-state index is 10.4. The number of nitro groups is 2. The molecule has 7 heteroatoms. The van der Waals surface area contributed by atoms with Crippen LogP contribution in [-0.2, 0) is 5.88 Å². The van der Waals surface area contributed by atoms with Crippen molar-refractivity contribution in [3.8, 4) is 0 Å². The van der Waals surface area contributed by atoms with E-state index in [9.17, 15) is 20.2 Å². The van der Waals surface area contributed by atoms with E-state index in [1.54, 1.807) is 0 Å². The van der Waals surface area contributed by atoms with E-state index in [1.165, 1.54) is 0 Å². The van der Waals surface area contributed by atoms with Gasteiger partial charge in [0.1, 0.15) is 0 Å². The lowest BCUT2D eigenvalue weighted by Crippen LogP contribution is -1.95. The van der Waals surface area contributed by atoms with Gasteiger partial charge in [0.25, 0.3) is 11.4 Å². The van der Waals surface area contributed by atoms with Crippen LogP contribution < -0.4 is 0 Å². The zero-order chi connectivity index (χ0) is 10.7. The molecule has 0 aliphatic carbocycles. The summed E-state index contributed by atoms with van der Waals surface area (Å²) >= 11 is 5.43. The maximum atomic E-state index is 10.4. The van der Waals surface area contributed by atoms with Crippen LogP contribution >= 0.6 is 11.6 Å². The van der Waals surface area contributed by atoms with Gasteiger partial charge in [-0.2, -0.15) is 0 Å². The number of alkyl halides is 1. The van der Waals surface area contributed by atoms with Gasteiger partial charge in [0, 0.05) is 18.2 Å². The van der Waals surface area contributed by atoms with Crippen molar-refractivity contribution in [3.63, 3.8) is 0 Å². The van der Waals surface area contributed by atoms with Crippen molar-refractivity contribution in [3.05, 3.63) is 44.0 Å². The minimum Gasteiger partial charge on any atom is -0.258 e. The second-order valence-electron chi connectivity index (χ2n) is 2.46. The smallest absolute Gasteiger partial charge is 0.258 e. The molecule has 0 amide bonds. The van der Waals surface area contributed by atoms with Crippen LogP contribution in [0.4, 0.5) is 11.4 Å². The Morgan fingerprint density at radius 3 is 2.29 bits per heavy atom. The molecule has 0 bridgehead atoms. The lowest BCUT2D eigenvalue weighted by molar-refractivity contribution is -0.389. The van der Waals surface area contributed by atoms with Crippen LogP contribution in [0.25, 0.3) is 0 Å². The molecule has 0 unspecified atom stereocenters. The lowest BCUT2D eigenvalue weighted by atomic mass is 10.2. The van der Waals surface area contributed by atoms with Crippen molar-refractivity contribution in [2.45, 2.75) is 5.88 Å². The van der Waals surface area contributed by atoms with Gasteiger partial charge in [-0.25, -0.2) is 0 Å². The van der Waals surface area contributed by atoms with Crippen LogP contribution in [0.3, 0.4) is 0 Å². The third-order valence-corrected chi connectivity index (χ3v) is 1.90. The van der Waals surface area contributed by atoms with Crippen LogP contribution in [0.5, 0.6) is 0 Å². The number of non-ortho nitro benzene ring substituents is 1. The van der Waals surface area contributed by atoms with E-state index in [1.807, 2.05) is 0 Å². The maximum Gasteiger partial charge on any atom is 0.274 e. The van der Waals surface area contributed by atoms with Gasteiger partial charge in [-0.15, -0.1) is 11.6 Å². The Bertz CT molecular complexity index is 393. The molecule has 0 aliphatic heterocycles. The fraction of sp³-hybridized carbons (Fsp3) is 0.143. The Morgan fingerprint density at radius 1 is 1.21 bits per heavy atom. The molecule has 0 saturated heterocycles. The van der Waals surface area contributed by atoms with Gasteiger partial charge in [0.05, 0.1) is 21.3 Å². The number of hydrogen-bond acceptors (Lipinski definition) is 4. The molecular weight excluding hydrogens is 212 g/mol. The zero-order valence-electron chi connectivity index (χ0n) is 6.84. The van der Waals surface area contributed by atoms with Crippen molar-refractivity contribution in [1.29, 1.82) is 0 Å². The standard InChI is InChI=1S/C7H5ClN2O4/c8-4-5-3-6(9(11)12)1-2-7(5)10(13)14/h1-3H,4H2. The molecule has 0 aliphatic rings. The lowest BCUT2D eigenvalue weighted by Gasteiger charge is -1.97. The summed E-state index contributed by atoms with van der Waals surface area (Å²) in [5.74, 6) is -0.127. The second-order valence-corrected chi connectivity index (χ2v) is 2.73. The SMILES string of the molecule is O=[N+]([O-])c1ccc([N+](=O)[O-])c(CCl)c1. The summed E-state index contributed by atoms with van der Waals surface area (Å²) in [6.07, 6.45) is 0. The molecule has 0 spiro atoms. The summed E-state index contributed by atoms with van der Waals surface area (Å²) in [5.41, 5.74) is -0.261. The van der Waals surface area contributed by atoms with Crippen LogP contribution in [0, 0.1) is 20.2 Å². The molecule has 0 fully saturated rings. The van der Waals surface area contributed by atoms with Crippen LogP contribution in [0.15, 0.2) is 18.2 Å². The first-order valence-electron chi connectivity index (χ1n) is 3.54. The van der Waals surface area contributed by atoms with Crippen molar-refractivity contribution in [2.75, 3.05) is 0 Å². The topological polar surface area (TPSA) is 86.3 Å². The third-order valence-electron chi connectivity index (χ3n) is 1.61. The molecule has 0 heterocycles. The number of rotatable bonds is 3. The zero-order valence-corrected chi connectivity index (χ0v) is 7.60. The summed E-state index contributed by atoms with van der Waals surface area (Å²) in [6.45, 7) is 0. The van der Waals surface area contributed by atoms with Gasteiger partial charge in [-0.1, -0.05) is 0 Å². The largest absolute Gasteiger partial charge is 0.274 e. The second kappa shape index (κ2) is 4.01. The Labute approximate surface area is 83.4 Å². The van der Waals surface area contributed by atoms with Crippen molar-refractivity contribution in [1.82, 2.24) is 0 Å². The molecule has 14 heavy (non-hydrogen) atoms. The molecule has 0 aromatic heterocycles. The summed E-state index contributed by atoms with van der Waals surface area (Å²) in [5, 5.41) is 20.8. The molecule has 0 atom stereocenters. The number of benzene rings is 1. The van der Waals surface area contributed by atoms with Crippen LogP contribution in [0.1, 0.15) is 5.56 Å². The van der Waals surface area contributed by atoms with Gasteiger partial charge in [-0.05, 0) is 0 Å². The highest BCUT2D eigenvalue weighted by Gasteiger charge is 2.17. The van der Waals surface area contributed by atoms with E-state index in [4.69, 9.17) is 11.6 Å². The van der Waals surface area contributed by atoms with E-state index >= 15 is 0 Å². The fourth-order valence-corrected chi connectivity index (χ4v) is 1.18. The molecule has 1 aromatic carbocycles. The summed E-state index contributed by atoms with van der Waals surface area (Å²) in [6, 6.07) is 3.26.